The van der Waals surface area contributed by atoms with Gasteiger partial charge >= 0.3 is 0 Å². The molecule has 0 unspecified atom stereocenters. The van der Waals surface area contributed by atoms with Gasteiger partial charge in [-0.2, -0.15) is 0 Å². The lowest BCUT2D eigenvalue weighted by atomic mass is 10.1. The molecule has 28 heavy (non-hydrogen) atoms. The molecular formula is C17H28IN5O3S2. The molecule has 0 aromatic carbocycles. The minimum atomic E-state index is -3.39. The van der Waals surface area contributed by atoms with E-state index in [2.05, 4.69) is 20.8 Å². The van der Waals surface area contributed by atoms with Crippen LogP contribution in [0.5, 0.6) is 0 Å². The van der Waals surface area contributed by atoms with E-state index in [1.165, 1.54) is 29.7 Å². The molecule has 11 heteroatoms. The standard InChI is InChI=1S/C17H27N5O3S2.HI/c1-6-14-13(15(7-2)25-21-14)11-20-17(18-3)19-10-12-8-9-16(26-12)27(23,24)22(4)5;/h8-9H,6-7,10-11H2,1-5H3,(H2,18,19,20);1H. The average molecular weight is 541 g/mol. The predicted octanol–water partition coefficient (Wildman–Crippen LogP) is 2.59. The van der Waals surface area contributed by atoms with Crippen molar-refractivity contribution in [2.75, 3.05) is 21.1 Å². The number of rotatable bonds is 8. The predicted molar refractivity (Wildman–Crippen MR) is 123 cm³/mol. The minimum Gasteiger partial charge on any atom is -0.361 e. The van der Waals surface area contributed by atoms with Crippen LogP contribution in [0.25, 0.3) is 0 Å². The van der Waals surface area contributed by atoms with Crippen molar-refractivity contribution in [3.05, 3.63) is 34.0 Å². The molecule has 158 valence electrons. The average Bonchev–Trinajstić information content (AvgIpc) is 3.28. The maximum Gasteiger partial charge on any atom is 0.252 e. The largest absolute Gasteiger partial charge is 0.361 e. The molecule has 2 aromatic heterocycles. The van der Waals surface area contributed by atoms with Gasteiger partial charge in [0.1, 0.15) is 9.97 Å². The van der Waals surface area contributed by atoms with Gasteiger partial charge in [0.05, 0.1) is 12.2 Å². The lowest BCUT2D eigenvalue weighted by molar-refractivity contribution is 0.380. The Morgan fingerprint density at radius 1 is 1.21 bits per heavy atom. The Balaban J connectivity index is 0.00000392. The second kappa shape index (κ2) is 11.1. The molecular weight excluding hydrogens is 513 g/mol. The highest BCUT2D eigenvalue weighted by Crippen LogP contribution is 2.23. The molecule has 0 amide bonds. The van der Waals surface area contributed by atoms with Crippen molar-refractivity contribution in [2.45, 2.75) is 44.0 Å². The molecule has 0 atom stereocenters. The summed E-state index contributed by atoms with van der Waals surface area (Å²) in [4.78, 5) is 5.13. The molecule has 0 saturated heterocycles. The third kappa shape index (κ3) is 5.91. The maximum atomic E-state index is 12.2. The van der Waals surface area contributed by atoms with Crippen LogP contribution in [-0.4, -0.2) is 45.0 Å². The molecule has 2 aromatic rings. The second-order valence-electron chi connectivity index (χ2n) is 6.03. The van der Waals surface area contributed by atoms with Crippen LogP contribution in [0.4, 0.5) is 0 Å². The Kier molecular flexibility index (Phi) is 9.87. The van der Waals surface area contributed by atoms with Crippen LogP contribution in [0.3, 0.4) is 0 Å². The van der Waals surface area contributed by atoms with Gasteiger partial charge in [0, 0.05) is 44.5 Å². The summed E-state index contributed by atoms with van der Waals surface area (Å²) in [5, 5.41) is 10.6. The maximum absolute atomic E-state index is 12.2. The number of halogens is 1. The van der Waals surface area contributed by atoms with E-state index in [1.807, 2.05) is 19.9 Å². The molecule has 2 rings (SSSR count). The number of nitrogens with one attached hydrogen (secondary N) is 2. The van der Waals surface area contributed by atoms with Crippen molar-refractivity contribution in [3.63, 3.8) is 0 Å². The smallest absolute Gasteiger partial charge is 0.252 e. The molecule has 0 fully saturated rings. The third-order valence-electron chi connectivity index (χ3n) is 4.07. The fourth-order valence-corrected chi connectivity index (χ4v) is 4.94. The molecule has 0 aliphatic carbocycles. The first-order chi connectivity index (χ1) is 12.8. The van der Waals surface area contributed by atoms with Gasteiger partial charge in [-0.3, -0.25) is 4.99 Å². The fourth-order valence-electron chi connectivity index (χ4n) is 2.47. The van der Waals surface area contributed by atoms with Gasteiger partial charge in [0.2, 0.25) is 0 Å². The summed E-state index contributed by atoms with van der Waals surface area (Å²) >= 11 is 1.25. The minimum absolute atomic E-state index is 0. The Morgan fingerprint density at radius 3 is 2.46 bits per heavy atom. The van der Waals surface area contributed by atoms with Gasteiger partial charge in [-0.15, -0.1) is 35.3 Å². The summed E-state index contributed by atoms with van der Waals surface area (Å²) in [7, 11) is 1.35. The summed E-state index contributed by atoms with van der Waals surface area (Å²) in [6.07, 6.45) is 1.60. The van der Waals surface area contributed by atoms with Gasteiger partial charge in [-0.05, 0) is 18.6 Å². The van der Waals surface area contributed by atoms with Crippen LogP contribution < -0.4 is 10.6 Å². The van der Waals surface area contributed by atoms with Gasteiger partial charge in [0.15, 0.2) is 5.96 Å². The number of hydrogen-bond donors (Lipinski definition) is 2. The van der Waals surface area contributed by atoms with E-state index in [4.69, 9.17) is 4.52 Å². The van der Waals surface area contributed by atoms with Crippen molar-refractivity contribution in [2.24, 2.45) is 4.99 Å². The number of nitrogens with zero attached hydrogens (tertiary/aromatic N) is 3. The molecule has 0 aliphatic heterocycles. The summed E-state index contributed by atoms with van der Waals surface area (Å²) in [5.41, 5.74) is 2.02. The first-order valence-corrected chi connectivity index (χ1v) is 11.0. The zero-order valence-electron chi connectivity index (χ0n) is 16.8. The molecule has 0 bridgehead atoms. The second-order valence-corrected chi connectivity index (χ2v) is 9.57. The van der Waals surface area contributed by atoms with Crippen LogP contribution in [0, 0.1) is 0 Å². The first-order valence-electron chi connectivity index (χ1n) is 8.75. The zero-order chi connectivity index (χ0) is 20.0. The van der Waals surface area contributed by atoms with E-state index in [9.17, 15) is 8.42 Å². The highest BCUT2D eigenvalue weighted by molar-refractivity contribution is 14.0. The molecule has 8 nitrogen and oxygen atoms in total. The van der Waals surface area contributed by atoms with E-state index >= 15 is 0 Å². The lowest BCUT2D eigenvalue weighted by Gasteiger charge is -2.11. The van der Waals surface area contributed by atoms with Gasteiger partial charge in [-0.1, -0.05) is 19.0 Å². The Morgan fingerprint density at radius 2 is 1.89 bits per heavy atom. The summed E-state index contributed by atoms with van der Waals surface area (Å²) in [6.45, 7) is 5.13. The summed E-state index contributed by atoms with van der Waals surface area (Å²) in [6, 6.07) is 3.44. The van der Waals surface area contributed by atoms with Gasteiger partial charge < -0.3 is 15.2 Å². The summed E-state index contributed by atoms with van der Waals surface area (Å²) in [5.74, 6) is 1.51. The fraction of sp³-hybridized carbons (Fsp3) is 0.529. The Bertz CT molecular complexity index is 869. The van der Waals surface area contributed by atoms with Crippen LogP contribution in [0.1, 0.15) is 35.7 Å². The van der Waals surface area contributed by atoms with Crippen molar-refractivity contribution >= 4 is 51.3 Å². The highest BCUT2D eigenvalue weighted by atomic mass is 127. The number of aryl methyl sites for hydroxylation is 2. The third-order valence-corrected chi connectivity index (χ3v) is 7.43. The van der Waals surface area contributed by atoms with E-state index < -0.39 is 10.0 Å². The quantitative estimate of drug-likeness (QED) is 0.303. The molecule has 2 N–H and O–H groups in total. The van der Waals surface area contributed by atoms with Crippen molar-refractivity contribution in [3.8, 4) is 0 Å². The van der Waals surface area contributed by atoms with Crippen molar-refractivity contribution in [1.29, 1.82) is 0 Å². The van der Waals surface area contributed by atoms with E-state index in [-0.39, 0.29) is 24.0 Å². The van der Waals surface area contributed by atoms with Crippen LogP contribution in [-0.2, 0) is 36.0 Å². The number of guanidine groups is 1. The Hall–Kier alpha value is -1.18. The molecule has 0 spiro atoms. The highest BCUT2D eigenvalue weighted by Gasteiger charge is 2.19. The van der Waals surface area contributed by atoms with Crippen molar-refractivity contribution in [1.82, 2.24) is 20.1 Å². The van der Waals surface area contributed by atoms with Crippen LogP contribution >= 0.6 is 35.3 Å². The molecule has 0 saturated carbocycles. The number of aliphatic imine (C=N–C) groups is 1. The SMILES string of the molecule is CCc1noc(CC)c1CNC(=NC)NCc1ccc(S(=O)(=O)N(C)C)s1.I. The lowest BCUT2D eigenvalue weighted by Crippen LogP contribution is -2.36. The molecule has 0 aliphatic rings. The van der Waals surface area contributed by atoms with Crippen LogP contribution in [0.2, 0.25) is 0 Å². The van der Waals surface area contributed by atoms with E-state index in [0.29, 0.717) is 23.3 Å². The number of aromatic nitrogens is 1. The van der Waals surface area contributed by atoms with Gasteiger partial charge in [-0.25, -0.2) is 12.7 Å². The van der Waals surface area contributed by atoms with Gasteiger partial charge in [0.25, 0.3) is 10.0 Å². The normalized spacial score (nSPS) is 12.1. The molecule has 0 radical (unpaired) electrons. The van der Waals surface area contributed by atoms with Crippen LogP contribution in [0.15, 0.2) is 25.9 Å². The molecule has 2 heterocycles. The number of sulfonamides is 1. The van der Waals surface area contributed by atoms with E-state index in [1.54, 1.807) is 13.1 Å². The first kappa shape index (κ1) is 24.9. The topological polar surface area (TPSA) is 99.8 Å². The monoisotopic (exact) mass is 541 g/mol. The Labute approximate surface area is 187 Å². The van der Waals surface area contributed by atoms with Crippen molar-refractivity contribution < 1.29 is 12.9 Å². The van der Waals surface area contributed by atoms with E-state index in [0.717, 1.165) is 34.7 Å². The zero-order valence-corrected chi connectivity index (χ0v) is 20.7. The number of hydrogen-bond acceptors (Lipinski definition) is 6. The summed E-state index contributed by atoms with van der Waals surface area (Å²) < 4.78 is 31.2. The number of thiophene rings is 1.